The van der Waals surface area contributed by atoms with Crippen molar-refractivity contribution in [3.05, 3.63) is 24.3 Å². The van der Waals surface area contributed by atoms with Gasteiger partial charge in [0.2, 0.25) is 0 Å². The maximum Gasteiger partial charge on any atom is 0.387 e. The Morgan fingerprint density at radius 3 is 1.41 bits per heavy atom. The third-order valence-corrected chi connectivity index (χ3v) is 4.76. The fourth-order valence-electron chi connectivity index (χ4n) is 0.604. The number of phenols is 2. The van der Waals surface area contributed by atoms with Gasteiger partial charge in [-0.3, -0.25) is 9.13 Å². The zero-order valence-corrected chi connectivity index (χ0v) is 12.6. The Balaban J connectivity index is 0.000000302. The lowest BCUT2D eigenvalue weighted by Crippen LogP contribution is -1.62. The summed E-state index contributed by atoms with van der Waals surface area (Å²) in [4.78, 5) is 0. The predicted molar refractivity (Wildman–Crippen MR) is 69.5 cm³/mol. The monoisotopic (exact) mass is 360 g/mol. The highest BCUT2D eigenvalue weighted by Gasteiger charge is 2.27. The zero-order valence-electron chi connectivity index (χ0n) is 7.83. The summed E-state index contributed by atoms with van der Waals surface area (Å²) in [5.41, 5.74) is 0. The van der Waals surface area contributed by atoms with Crippen LogP contribution in [0.25, 0.3) is 0 Å². The first kappa shape index (κ1) is 17.4. The summed E-state index contributed by atoms with van der Waals surface area (Å²) in [5, 5.41) is 17.3. The molecule has 11 heteroatoms. The van der Waals surface area contributed by atoms with E-state index < -0.39 is 12.1 Å². The molecule has 1 aromatic rings. The Hall–Kier alpha value is 0.400. The number of halogens is 4. The molecule has 2 N–H and O–H groups in total. The van der Waals surface area contributed by atoms with Crippen LogP contribution in [-0.2, 0) is 13.4 Å². The Bertz CT molecular complexity index is 418. The molecule has 5 nitrogen and oxygen atoms in total. The van der Waals surface area contributed by atoms with Gasteiger partial charge in [0.25, 0.3) is 0 Å². The van der Waals surface area contributed by atoms with Gasteiger partial charge in [-0.1, -0.05) is 6.07 Å². The van der Waals surface area contributed by atoms with E-state index in [1.807, 2.05) is 0 Å². The van der Waals surface area contributed by atoms with E-state index in [1.165, 1.54) is 18.2 Å². The van der Waals surface area contributed by atoms with Gasteiger partial charge in [-0.15, -0.1) is 0 Å². The number of phenolic OH excluding ortho intramolecular Hbond substituents is 2. The molecule has 0 amide bonds. The van der Waals surface area contributed by atoms with Crippen LogP contribution in [0.2, 0.25) is 0 Å². The standard InChI is InChI=1S/C6H6O2.Cl4O3P2/c7-5-2-1-3-6(8)4-5;1-8(2,5)7-9(3,4)6/h1-4,7-8H;. The highest BCUT2D eigenvalue weighted by atomic mass is 35.9. The number of hydrogen-bond acceptors (Lipinski definition) is 5. The van der Waals surface area contributed by atoms with Gasteiger partial charge in [-0.25, -0.2) is 4.31 Å². The third kappa shape index (κ3) is 12.6. The predicted octanol–water partition coefficient (Wildman–Crippen LogP) is 5.27. The molecule has 17 heavy (non-hydrogen) atoms. The second-order valence-electron chi connectivity index (χ2n) is 2.43. The Morgan fingerprint density at radius 2 is 1.29 bits per heavy atom. The maximum atomic E-state index is 10.2. The molecule has 0 heterocycles. The van der Waals surface area contributed by atoms with Crippen LogP contribution < -0.4 is 0 Å². The van der Waals surface area contributed by atoms with E-state index in [0.29, 0.717) is 0 Å². The van der Waals surface area contributed by atoms with Crippen LogP contribution in [0.3, 0.4) is 0 Å². The van der Waals surface area contributed by atoms with Crippen molar-refractivity contribution in [2.45, 2.75) is 0 Å². The largest absolute Gasteiger partial charge is 0.508 e. The van der Waals surface area contributed by atoms with Crippen molar-refractivity contribution in [3.8, 4) is 11.5 Å². The number of benzene rings is 1. The Labute approximate surface area is 116 Å². The summed E-state index contributed by atoms with van der Waals surface area (Å²) < 4.78 is 24.2. The van der Waals surface area contributed by atoms with Gasteiger partial charge in [0.1, 0.15) is 11.5 Å². The van der Waals surface area contributed by atoms with E-state index in [0.717, 1.165) is 0 Å². The topological polar surface area (TPSA) is 83.8 Å². The maximum absolute atomic E-state index is 10.2. The second kappa shape index (κ2) is 7.10. The van der Waals surface area contributed by atoms with Crippen molar-refractivity contribution in [3.63, 3.8) is 0 Å². The molecule has 0 radical (unpaired) electrons. The summed E-state index contributed by atoms with van der Waals surface area (Å²) >= 11 is 19.1. The second-order valence-corrected chi connectivity index (χ2v) is 11.1. The van der Waals surface area contributed by atoms with Crippen LogP contribution in [0.1, 0.15) is 0 Å². The van der Waals surface area contributed by atoms with Crippen molar-refractivity contribution >= 4 is 57.1 Å². The van der Waals surface area contributed by atoms with Crippen LogP contribution in [0.4, 0.5) is 0 Å². The molecule has 1 rings (SSSR count). The summed E-state index contributed by atoms with van der Waals surface area (Å²) in [7, 11) is 0. The fourth-order valence-corrected chi connectivity index (χ4v) is 5.76. The van der Waals surface area contributed by atoms with E-state index in [2.05, 4.69) is 4.31 Å². The molecule has 0 atom stereocenters. The number of rotatable bonds is 2. The van der Waals surface area contributed by atoms with Crippen LogP contribution >= 0.6 is 57.1 Å². The molecule has 0 unspecified atom stereocenters. The average Bonchev–Trinajstić information content (AvgIpc) is 1.96. The minimum absolute atomic E-state index is 0.0880. The summed E-state index contributed by atoms with van der Waals surface area (Å²) in [6.07, 6.45) is -7.74. The van der Waals surface area contributed by atoms with Crippen molar-refractivity contribution in [2.24, 2.45) is 0 Å². The molecule has 98 valence electrons. The quantitative estimate of drug-likeness (QED) is 0.701. The molecule has 0 aliphatic carbocycles. The van der Waals surface area contributed by atoms with Crippen molar-refractivity contribution in [1.82, 2.24) is 0 Å². The van der Waals surface area contributed by atoms with Gasteiger partial charge in [0.15, 0.2) is 0 Å². The van der Waals surface area contributed by atoms with Gasteiger partial charge in [0.05, 0.1) is 0 Å². The average molecular weight is 362 g/mol. The summed E-state index contributed by atoms with van der Waals surface area (Å²) in [6.45, 7) is 0. The van der Waals surface area contributed by atoms with Crippen LogP contribution in [0, 0.1) is 0 Å². The van der Waals surface area contributed by atoms with E-state index in [-0.39, 0.29) is 11.5 Å². The molecule has 0 aromatic heterocycles. The molecule has 0 bridgehead atoms. The highest BCUT2D eigenvalue weighted by molar-refractivity contribution is 8.15. The lowest BCUT2D eigenvalue weighted by atomic mass is 10.3. The van der Waals surface area contributed by atoms with E-state index in [1.54, 1.807) is 6.07 Å². The SMILES string of the molecule is O=P(Cl)(Cl)OP(=O)(Cl)Cl.Oc1cccc(O)c1. The summed E-state index contributed by atoms with van der Waals surface area (Å²) in [6, 6.07) is 5.85. The third-order valence-electron chi connectivity index (χ3n) is 1.02. The van der Waals surface area contributed by atoms with Gasteiger partial charge >= 0.3 is 12.1 Å². The van der Waals surface area contributed by atoms with Gasteiger partial charge < -0.3 is 10.2 Å². The number of aromatic hydroxyl groups is 2. The summed E-state index contributed by atoms with van der Waals surface area (Å²) in [5.74, 6) is 0.176. The molecule has 0 aliphatic rings. The number of hydrogen-bond donors (Lipinski definition) is 2. The van der Waals surface area contributed by atoms with Gasteiger partial charge in [0, 0.05) is 6.07 Å². The molecular formula is C6H6Cl4O5P2. The molecule has 0 aliphatic heterocycles. The lowest BCUT2D eigenvalue weighted by Gasteiger charge is -2.01. The smallest absolute Gasteiger partial charge is 0.387 e. The normalized spacial score (nSPS) is 11.5. The lowest BCUT2D eigenvalue weighted by molar-refractivity contribution is 0.450. The zero-order chi connectivity index (χ0) is 13.7. The van der Waals surface area contributed by atoms with Crippen LogP contribution in [-0.4, -0.2) is 10.2 Å². The van der Waals surface area contributed by atoms with Crippen molar-refractivity contribution in [2.75, 3.05) is 0 Å². The first-order valence-corrected chi connectivity index (χ1v) is 10.5. The minimum Gasteiger partial charge on any atom is -0.508 e. The van der Waals surface area contributed by atoms with Crippen molar-refractivity contribution in [1.29, 1.82) is 0 Å². The molecule has 1 aromatic carbocycles. The Morgan fingerprint density at radius 1 is 0.941 bits per heavy atom. The highest BCUT2D eigenvalue weighted by Crippen LogP contribution is 2.74. The van der Waals surface area contributed by atoms with Crippen molar-refractivity contribution < 1.29 is 23.7 Å². The van der Waals surface area contributed by atoms with Crippen LogP contribution in [0.5, 0.6) is 11.5 Å². The van der Waals surface area contributed by atoms with E-state index in [9.17, 15) is 9.13 Å². The molecule has 0 spiro atoms. The first-order valence-electron chi connectivity index (χ1n) is 3.68. The Kier molecular flexibility index (Phi) is 7.27. The first-order chi connectivity index (χ1) is 7.49. The van der Waals surface area contributed by atoms with Gasteiger partial charge in [-0.05, 0) is 57.1 Å². The van der Waals surface area contributed by atoms with E-state index >= 15 is 0 Å². The molecule has 0 fully saturated rings. The molecular weight excluding hydrogens is 356 g/mol. The van der Waals surface area contributed by atoms with E-state index in [4.69, 9.17) is 55.2 Å². The minimum atomic E-state index is -3.87. The molecule has 0 saturated heterocycles. The molecule has 0 saturated carbocycles. The van der Waals surface area contributed by atoms with Gasteiger partial charge in [-0.2, -0.15) is 0 Å². The fraction of sp³-hybridized carbons (Fsp3) is 0. The van der Waals surface area contributed by atoms with Crippen LogP contribution in [0.15, 0.2) is 24.3 Å².